The summed E-state index contributed by atoms with van der Waals surface area (Å²) in [5.74, 6) is -1.38. The molecule has 0 radical (unpaired) electrons. The van der Waals surface area contributed by atoms with E-state index in [0.717, 1.165) is 18.9 Å². The average molecular weight is 305 g/mol. The maximum Gasteiger partial charge on any atom is 0.419 e. The topological polar surface area (TPSA) is 67.1 Å². The van der Waals surface area contributed by atoms with Crippen LogP contribution < -0.4 is 16.4 Å². The molecule has 0 aliphatic heterocycles. The van der Waals surface area contributed by atoms with E-state index in [4.69, 9.17) is 5.73 Å². The first-order valence-corrected chi connectivity index (χ1v) is 6.45. The molecule has 21 heavy (non-hydrogen) atoms. The largest absolute Gasteiger partial charge is 0.419 e. The number of hydrogen-bond acceptors (Lipinski definition) is 2. The predicted octanol–water partition coefficient (Wildman–Crippen LogP) is 2.85. The Kier molecular flexibility index (Phi) is 4.36. The van der Waals surface area contributed by atoms with Crippen LogP contribution in [0.3, 0.4) is 0 Å². The Morgan fingerprint density at radius 1 is 1.29 bits per heavy atom. The minimum Gasteiger partial charge on any atom is -0.335 e. The van der Waals surface area contributed by atoms with Gasteiger partial charge in [0.1, 0.15) is 5.82 Å². The fraction of sp³-hybridized carbons (Fsp3) is 0.462. The summed E-state index contributed by atoms with van der Waals surface area (Å²) in [4.78, 5) is 11.7. The normalized spacial score (nSPS) is 22.1. The third kappa shape index (κ3) is 4.07. The van der Waals surface area contributed by atoms with E-state index < -0.39 is 23.6 Å². The Morgan fingerprint density at radius 2 is 2.00 bits per heavy atom. The lowest BCUT2D eigenvalue weighted by atomic mass is 10.2. The predicted molar refractivity (Wildman–Crippen MR) is 69.2 cm³/mol. The minimum absolute atomic E-state index is 0.0259. The highest BCUT2D eigenvalue weighted by atomic mass is 19.4. The van der Waals surface area contributed by atoms with E-state index >= 15 is 0 Å². The Morgan fingerprint density at radius 3 is 2.57 bits per heavy atom. The lowest BCUT2D eigenvalue weighted by Crippen LogP contribution is -2.37. The molecule has 4 nitrogen and oxygen atoms in total. The second-order valence-electron chi connectivity index (χ2n) is 5.06. The number of amides is 2. The summed E-state index contributed by atoms with van der Waals surface area (Å²) < 4.78 is 50.8. The van der Waals surface area contributed by atoms with Crippen LogP contribution in [0.1, 0.15) is 24.8 Å². The number of nitrogens with two attached hydrogens (primary N) is 1. The standard InChI is InChI=1S/C13H15F4N3O/c14-11-4-3-9(6-10(11)13(15,16)17)20-12(21)19-8-2-1-7(18)5-8/h3-4,6-8H,1-2,5,18H2,(H2,19,20,21)/t7-,8+/m1/s1. The molecule has 1 aromatic carbocycles. The number of rotatable bonds is 2. The summed E-state index contributed by atoms with van der Waals surface area (Å²) in [5.41, 5.74) is 4.16. The molecule has 0 bridgehead atoms. The van der Waals surface area contributed by atoms with Crippen LogP contribution in [0, 0.1) is 5.82 Å². The maximum absolute atomic E-state index is 13.1. The van der Waals surface area contributed by atoms with Crippen molar-refractivity contribution in [1.82, 2.24) is 5.32 Å². The first kappa shape index (κ1) is 15.6. The molecule has 1 fully saturated rings. The van der Waals surface area contributed by atoms with Crippen molar-refractivity contribution in [2.75, 3.05) is 5.32 Å². The van der Waals surface area contributed by atoms with E-state index in [-0.39, 0.29) is 17.8 Å². The summed E-state index contributed by atoms with van der Waals surface area (Å²) >= 11 is 0. The van der Waals surface area contributed by atoms with Crippen LogP contribution in [-0.2, 0) is 6.18 Å². The zero-order valence-electron chi connectivity index (χ0n) is 11.0. The summed E-state index contributed by atoms with van der Waals surface area (Å²) in [6.45, 7) is 0. The molecule has 0 unspecified atom stereocenters. The van der Waals surface area contributed by atoms with Gasteiger partial charge in [-0.1, -0.05) is 0 Å². The molecule has 0 aromatic heterocycles. The second kappa shape index (κ2) is 5.88. The van der Waals surface area contributed by atoms with Crippen molar-refractivity contribution < 1.29 is 22.4 Å². The molecular weight excluding hydrogens is 290 g/mol. The molecule has 2 rings (SSSR count). The van der Waals surface area contributed by atoms with Gasteiger partial charge in [0, 0.05) is 17.8 Å². The number of halogens is 4. The molecule has 1 saturated carbocycles. The van der Waals surface area contributed by atoms with Gasteiger partial charge in [0.2, 0.25) is 0 Å². The fourth-order valence-corrected chi connectivity index (χ4v) is 2.32. The SMILES string of the molecule is N[C@@H]1CC[C@H](NC(=O)Nc2ccc(F)c(C(F)(F)F)c2)C1. The summed E-state index contributed by atoms with van der Waals surface area (Å²) in [6.07, 6.45) is -2.66. The first-order valence-electron chi connectivity index (χ1n) is 6.45. The number of alkyl halides is 3. The van der Waals surface area contributed by atoms with Gasteiger partial charge in [0.25, 0.3) is 0 Å². The highest BCUT2D eigenvalue weighted by Crippen LogP contribution is 2.33. The molecule has 8 heteroatoms. The van der Waals surface area contributed by atoms with Gasteiger partial charge in [-0.2, -0.15) is 13.2 Å². The van der Waals surface area contributed by atoms with E-state index in [1.54, 1.807) is 0 Å². The first-order chi connectivity index (χ1) is 9.75. The number of anilines is 1. The number of carbonyl (C=O) groups is 1. The van der Waals surface area contributed by atoms with Crippen LogP contribution in [0.25, 0.3) is 0 Å². The van der Waals surface area contributed by atoms with Crippen LogP contribution in [0.2, 0.25) is 0 Å². The third-order valence-corrected chi connectivity index (χ3v) is 3.34. The van der Waals surface area contributed by atoms with E-state index in [2.05, 4.69) is 10.6 Å². The smallest absolute Gasteiger partial charge is 0.335 e. The van der Waals surface area contributed by atoms with Crippen molar-refractivity contribution in [3.63, 3.8) is 0 Å². The van der Waals surface area contributed by atoms with Gasteiger partial charge in [0.15, 0.2) is 0 Å². The molecule has 0 heterocycles. The molecule has 1 aliphatic carbocycles. The monoisotopic (exact) mass is 305 g/mol. The van der Waals surface area contributed by atoms with Crippen LogP contribution in [0.4, 0.5) is 28.0 Å². The van der Waals surface area contributed by atoms with Crippen molar-refractivity contribution in [2.45, 2.75) is 37.5 Å². The van der Waals surface area contributed by atoms with Crippen LogP contribution in [0.5, 0.6) is 0 Å². The van der Waals surface area contributed by atoms with Gasteiger partial charge in [0.05, 0.1) is 5.56 Å². The van der Waals surface area contributed by atoms with Crippen LogP contribution >= 0.6 is 0 Å². The molecule has 2 atom stereocenters. The van der Waals surface area contributed by atoms with Crippen molar-refractivity contribution in [3.8, 4) is 0 Å². The molecule has 1 aliphatic rings. The van der Waals surface area contributed by atoms with Crippen molar-refractivity contribution >= 4 is 11.7 Å². The number of hydrogen-bond donors (Lipinski definition) is 3. The summed E-state index contributed by atoms with van der Waals surface area (Å²) in [5, 5.41) is 4.89. The number of nitrogens with one attached hydrogen (secondary N) is 2. The highest BCUT2D eigenvalue weighted by molar-refractivity contribution is 5.89. The van der Waals surface area contributed by atoms with Gasteiger partial charge in [-0.3, -0.25) is 0 Å². The quantitative estimate of drug-likeness (QED) is 0.736. The van der Waals surface area contributed by atoms with Crippen LogP contribution in [0.15, 0.2) is 18.2 Å². The van der Waals surface area contributed by atoms with E-state index in [1.165, 1.54) is 0 Å². The number of benzene rings is 1. The molecule has 1 aromatic rings. The van der Waals surface area contributed by atoms with Gasteiger partial charge in [-0.25, -0.2) is 9.18 Å². The maximum atomic E-state index is 13.1. The van der Waals surface area contributed by atoms with Crippen LogP contribution in [-0.4, -0.2) is 18.1 Å². The highest BCUT2D eigenvalue weighted by Gasteiger charge is 2.34. The average Bonchev–Trinajstić information content (AvgIpc) is 2.75. The zero-order valence-corrected chi connectivity index (χ0v) is 11.0. The van der Waals surface area contributed by atoms with E-state index in [9.17, 15) is 22.4 Å². The number of carbonyl (C=O) groups excluding carboxylic acids is 1. The zero-order chi connectivity index (χ0) is 15.6. The molecule has 116 valence electrons. The third-order valence-electron chi connectivity index (χ3n) is 3.34. The summed E-state index contributed by atoms with van der Waals surface area (Å²) in [6, 6.07) is 1.61. The summed E-state index contributed by atoms with van der Waals surface area (Å²) in [7, 11) is 0. The molecule has 0 saturated heterocycles. The molecule has 0 spiro atoms. The minimum atomic E-state index is -4.81. The molecule has 2 amide bonds. The molecule has 4 N–H and O–H groups in total. The number of urea groups is 1. The van der Waals surface area contributed by atoms with Crippen molar-refractivity contribution in [3.05, 3.63) is 29.6 Å². The van der Waals surface area contributed by atoms with Crippen molar-refractivity contribution in [2.24, 2.45) is 5.73 Å². The van der Waals surface area contributed by atoms with E-state index in [0.29, 0.717) is 18.6 Å². The second-order valence-corrected chi connectivity index (χ2v) is 5.06. The van der Waals surface area contributed by atoms with Gasteiger partial charge in [-0.05, 0) is 37.5 Å². The lowest BCUT2D eigenvalue weighted by Gasteiger charge is -2.14. The van der Waals surface area contributed by atoms with Gasteiger partial charge < -0.3 is 16.4 Å². The lowest BCUT2D eigenvalue weighted by molar-refractivity contribution is -0.139. The fourth-order valence-electron chi connectivity index (χ4n) is 2.32. The van der Waals surface area contributed by atoms with Crippen molar-refractivity contribution in [1.29, 1.82) is 0 Å². The Hall–Kier alpha value is -1.83. The Balaban J connectivity index is 2.01. The van der Waals surface area contributed by atoms with Gasteiger partial charge in [-0.15, -0.1) is 0 Å². The van der Waals surface area contributed by atoms with Gasteiger partial charge >= 0.3 is 12.2 Å². The molecular formula is C13H15F4N3O. The van der Waals surface area contributed by atoms with E-state index in [1.807, 2.05) is 0 Å². The Bertz CT molecular complexity index is 533. The Labute approximate surface area is 118 Å².